The Morgan fingerprint density at radius 3 is 1.40 bits per heavy atom. The summed E-state index contributed by atoms with van der Waals surface area (Å²) < 4.78 is 1.81. The Bertz CT molecular complexity index is 14.4. The highest BCUT2D eigenvalue weighted by Gasteiger charge is 1.59. The molecule has 0 spiro atoms. The summed E-state index contributed by atoms with van der Waals surface area (Å²) in [4.78, 5) is 0. The van der Waals surface area contributed by atoms with Crippen LogP contribution in [0.5, 0.6) is 0 Å². The van der Waals surface area contributed by atoms with Gasteiger partial charge in [0.15, 0.2) is 0 Å². The third-order valence-corrected chi connectivity index (χ3v) is 0. The lowest BCUT2D eigenvalue weighted by Crippen LogP contribution is -1.88. The van der Waals surface area contributed by atoms with Crippen molar-refractivity contribution in [3.05, 3.63) is 0 Å². The van der Waals surface area contributed by atoms with E-state index in [0.29, 0.717) is 0 Å². The maximum atomic E-state index is 3.15. The van der Waals surface area contributed by atoms with E-state index >= 15 is 0 Å². The first kappa shape index (κ1) is 9.02. The Labute approximate surface area is 34.7 Å². The standard InChI is InChI=1S/C2H7NP.H2O/c1-3(2)4;/h4H,1-2H3;1H2. The summed E-state index contributed by atoms with van der Waals surface area (Å²) in [7, 11) is 6.97. The number of hydrogen-bond acceptors (Lipinski definition) is 1. The van der Waals surface area contributed by atoms with Gasteiger partial charge in [-0.2, -0.15) is 0 Å². The van der Waals surface area contributed by atoms with Gasteiger partial charge in [-0.15, -0.1) is 0 Å². The van der Waals surface area contributed by atoms with Gasteiger partial charge >= 0.3 is 0 Å². The van der Waals surface area contributed by atoms with Gasteiger partial charge in [0.1, 0.15) is 0 Å². The lowest BCUT2D eigenvalue weighted by atomic mass is 11.3. The summed E-state index contributed by atoms with van der Waals surface area (Å²) in [5.74, 6) is 0. The van der Waals surface area contributed by atoms with Crippen LogP contribution in [0, 0.1) is 0 Å². The number of hydrogen-bond donors (Lipinski definition) is 0. The van der Waals surface area contributed by atoms with Crippen LogP contribution in [0.4, 0.5) is 0 Å². The fourth-order valence-electron chi connectivity index (χ4n) is 0. The molecule has 5 heavy (non-hydrogen) atoms. The Hall–Kier alpha value is 0.350. The van der Waals surface area contributed by atoms with Crippen LogP contribution in [0.2, 0.25) is 0 Å². The molecule has 0 saturated heterocycles. The molecule has 3 heteroatoms. The van der Waals surface area contributed by atoms with E-state index in [2.05, 4.69) is 9.39 Å². The quantitative estimate of drug-likeness (QED) is 0.382. The SMILES string of the molecule is CN(C)[PH].O. The van der Waals surface area contributed by atoms with E-state index in [9.17, 15) is 0 Å². The van der Waals surface area contributed by atoms with Gasteiger partial charge in [0, 0.05) is 0 Å². The Morgan fingerprint density at radius 2 is 1.40 bits per heavy atom. The van der Waals surface area contributed by atoms with Crippen LogP contribution in [0.15, 0.2) is 0 Å². The second kappa shape index (κ2) is 4.35. The van der Waals surface area contributed by atoms with Crippen molar-refractivity contribution in [3.8, 4) is 0 Å². The normalized spacial score (nSPS) is 7.20. The maximum absolute atomic E-state index is 3.15. The minimum Gasteiger partial charge on any atom is -0.412 e. The predicted octanol–water partition coefficient (Wildman–Crippen LogP) is -0.219. The van der Waals surface area contributed by atoms with E-state index in [1.807, 2.05) is 14.1 Å². The minimum atomic E-state index is 0. The van der Waals surface area contributed by atoms with E-state index in [4.69, 9.17) is 0 Å². The van der Waals surface area contributed by atoms with Crippen LogP contribution in [-0.4, -0.2) is 24.2 Å². The molecule has 0 amide bonds. The molecule has 0 heterocycles. The third kappa shape index (κ3) is 196. The van der Waals surface area contributed by atoms with Gasteiger partial charge in [-0.05, 0) is 23.5 Å². The minimum absolute atomic E-state index is 0. The summed E-state index contributed by atoms with van der Waals surface area (Å²) in [6.45, 7) is 0. The molecule has 0 unspecified atom stereocenters. The van der Waals surface area contributed by atoms with Gasteiger partial charge < -0.3 is 5.48 Å². The van der Waals surface area contributed by atoms with Gasteiger partial charge in [-0.1, -0.05) is 0 Å². The highest BCUT2D eigenvalue weighted by atomic mass is 31.0. The van der Waals surface area contributed by atoms with Crippen LogP contribution in [-0.2, 0) is 0 Å². The van der Waals surface area contributed by atoms with Crippen molar-refractivity contribution < 1.29 is 5.48 Å². The predicted molar refractivity (Wildman–Crippen MR) is 25.6 cm³/mol. The molecule has 0 aromatic carbocycles. The molecule has 0 aliphatic rings. The molecule has 33 valence electrons. The number of rotatable bonds is 0. The second-order valence-corrected chi connectivity index (χ2v) is 1.79. The summed E-state index contributed by atoms with van der Waals surface area (Å²) in [5, 5.41) is 0. The highest BCUT2D eigenvalue weighted by molar-refractivity contribution is 7.13. The molecule has 0 aromatic rings. The van der Waals surface area contributed by atoms with Crippen molar-refractivity contribution in [3.63, 3.8) is 0 Å². The van der Waals surface area contributed by atoms with Crippen molar-refractivity contribution >= 4 is 9.39 Å². The summed E-state index contributed by atoms with van der Waals surface area (Å²) >= 11 is 0. The molecule has 0 rings (SSSR count). The lowest BCUT2D eigenvalue weighted by Gasteiger charge is -1.89. The molecule has 0 aliphatic carbocycles. The van der Waals surface area contributed by atoms with Crippen LogP contribution in [0.1, 0.15) is 0 Å². The zero-order valence-corrected chi connectivity index (χ0v) is 4.45. The Morgan fingerprint density at radius 1 is 1.40 bits per heavy atom. The molecular weight excluding hydrogens is 85.0 g/mol. The Kier molecular flexibility index (Phi) is 7.85. The van der Waals surface area contributed by atoms with Crippen molar-refractivity contribution in [2.75, 3.05) is 14.1 Å². The van der Waals surface area contributed by atoms with Crippen molar-refractivity contribution in [1.82, 2.24) is 4.67 Å². The molecule has 2 N–H and O–H groups in total. The first-order chi connectivity index (χ1) is 1.73. The summed E-state index contributed by atoms with van der Waals surface area (Å²) in [6, 6.07) is 0. The zero-order chi connectivity index (χ0) is 3.58. The fourth-order valence-corrected chi connectivity index (χ4v) is 0. The van der Waals surface area contributed by atoms with E-state index in [-0.39, 0.29) is 5.48 Å². The van der Waals surface area contributed by atoms with Gasteiger partial charge in [0.05, 0.1) is 0 Å². The molecule has 0 saturated carbocycles. The van der Waals surface area contributed by atoms with E-state index < -0.39 is 0 Å². The average molecular weight is 94.1 g/mol. The van der Waals surface area contributed by atoms with E-state index in [0.717, 1.165) is 0 Å². The van der Waals surface area contributed by atoms with Crippen molar-refractivity contribution in [2.45, 2.75) is 0 Å². The second-order valence-electron chi connectivity index (χ2n) is 0.894. The van der Waals surface area contributed by atoms with Crippen LogP contribution >= 0.6 is 9.39 Å². The molecule has 0 bridgehead atoms. The molecule has 0 atom stereocenters. The summed E-state index contributed by atoms with van der Waals surface area (Å²) in [6.07, 6.45) is 0. The van der Waals surface area contributed by atoms with Crippen LogP contribution < -0.4 is 0 Å². The van der Waals surface area contributed by atoms with Crippen LogP contribution in [0.25, 0.3) is 0 Å². The van der Waals surface area contributed by atoms with Gasteiger partial charge in [0.25, 0.3) is 0 Å². The monoisotopic (exact) mass is 94.0 g/mol. The largest absolute Gasteiger partial charge is 0.412 e. The summed E-state index contributed by atoms with van der Waals surface area (Å²) in [5.41, 5.74) is 0. The van der Waals surface area contributed by atoms with Gasteiger partial charge in [-0.25, -0.2) is 0 Å². The molecule has 2 nitrogen and oxygen atoms in total. The van der Waals surface area contributed by atoms with Crippen molar-refractivity contribution in [2.24, 2.45) is 0 Å². The highest BCUT2D eigenvalue weighted by Crippen LogP contribution is 1.78. The van der Waals surface area contributed by atoms with Gasteiger partial charge in [0.2, 0.25) is 0 Å². The van der Waals surface area contributed by atoms with Gasteiger partial charge in [-0.3, -0.25) is 4.67 Å². The van der Waals surface area contributed by atoms with Crippen molar-refractivity contribution in [1.29, 1.82) is 0 Å². The maximum Gasteiger partial charge on any atom is -0.00962 e. The number of nitrogens with zero attached hydrogens (tertiary/aromatic N) is 1. The topological polar surface area (TPSA) is 34.7 Å². The average Bonchev–Trinajstić information content (AvgIpc) is 0.811. The first-order valence-electron chi connectivity index (χ1n) is 1.12. The molecular formula is C2H9NOP. The van der Waals surface area contributed by atoms with E-state index in [1.165, 1.54) is 0 Å². The molecule has 0 aliphatic heterocycles. The Balaban J connectivity index is 0. The smallest absolute Gasteiger partial charge is 0.00962 e. The zero-order valence-electron chi connectivity index (χ0n) is 3.45. The molecule has 1 radical (unpaired) electrons. The molecule has 0 fully saturated rings. The molecule has 0 aromatic heterocycles. The first-order valence-corrected chi connectivity index (χ1v) is 1.57. The lowest BCUT2D eigenvalue weighted by molar-refractivity contribution is 0.703. The van der Waals surface area contributed by atoms with E-state index in [1.54, 1.807) is 4.67 Å². The third-order valence-electron chi connectivity index (χ3n) is 0. The fraction of sp³-hybridized carbons (Fsp3) is 1.00. The van der Waals surface area contributed by atoms with Crippen LogP contribution in [0.3, 0.4) is 0 Å².